The Morgan fingerprint density at radius 1 is 0.300 bits per heavy atom. The molecule has 0 bridgehead atoms. The molecule has 3 aliphatic rings. The molecule has 2 nitrogen and oxygen atoms in total. The molecule has 11 aromatic rings. The van der Waals surface area contributed by atoms with Crippen molar-refractivity contribution in [1.29, 1.82) is 0 Å². The minimum absolute atomic E-state index is 0.111. The molecule has 330 valence electrons. The highest BCUT2D eigenvalue weighted by molar-refractivity contribution is 5.98. The highest BCUT2D eigenvalue weighted by Crippen LogP contribution is 2.63. The molecule has 0 aromatic heterocycles. The molecule has 1 aliphatic heterocycles. The van der Waals surface area contributed by atoms with Crippen LogP contribution in [0, 0.1) is 0 Å². The first kappa shape index (κ1) is 40.4. The Balaban J connectivity index is 0.873. The summed E-state index contributed by atoms with van der Waals surface area (Å²) in [6.07, 6.45) is 0. The minimum atomic E-state index is -0.477. The quantitative estimate of drug-likeness (QED) is 0.164. The van der Waals surface area contributed by atoms with Crippen LogP contribution >= 0.6 is 0 Å². The highest BCUT2D eigenvalue weighted by atomic mass is 15.2. The van der Waals surface area contributed by atoms with Gasteiger partial charge < -0.3 is 9.80 Å². The second kappa shape index (κ2) is 15.4. The average molecular weight is 893 g/mol. The summed E-state index contributed by atoms with van der Waals surface area (Å²) in [4.78, 5) is 4.87. The normalized spacial score (nSPS) is 14.1. The fraction of sp³-hybridized carbons (Fsp3) is 0.0588. The SMILES string of the molecule is CC1(C)c2ccccc2-c2ccc(N(c3ccc(-c4ccccc4)cc3)c3ccc4cc(-c5ccc6c(c5)-c5ccccc5C65c6ccccc6N(c6ccccc6)c6ccccc65)ccc4c3)cc21. The third-order valence-electron chi connectivity index (χ3n) is 15.6. The molecule has 0 amide bonds. The van der Waals surface area contributed by atoms with Crippen LogP contribution in [0.25, 0.3) is 55.3 Å². The van der Waals surface area contributed by atoms with Crippen molar-refractivity contribution in [3.8, 4) is 44.5 Å². The summed E-state index contributed by atoms with van der Waals surface area (Å²) in [7, 11) is 0. The Morgan fingerprint density at radius 3 is 1.50 bits per heavy atom. The van der Waals surface area contributed by atoms with Crippen molar-refractivity contribution in [1.82, 2.24) is 0 Å². The molecular weight excluding hydrogens is 845 g/mol. The van der Waals surface area contributed by atoms with Gasteiger partial charge in [0.2, 0.25) is 0 Å². The summed E-state index contributed by atoms with van der Waals surface area (Å²) in [5.41, 5.74) is 24.4. The molecule has 14 rings (SSSR count). The van der Waals surface area contributed by atoms with E-state index in [1.54, 1.807) is 0 Å². The summed E-state index contributed by atoms with van der Waals surface area (Å²) >= 11 is 0. The van der Waals surface area contributed by atoms with Crippen LogP contribution in [-0.2, 0) is 10.8 Å². The summed E-state index contributed by atoms with van der Waals surface area (Å²) in [5, 5.41) is 2.41. The van der Waals surface area contributed by atoms with Crippen molar-refractivity contribution in [2.45, 2.75) is 24.7 Å². The van der Waals surface area contributed by atoms with E-state index in [-0.39, 0.29) is 5.41 Å². The molecule has 2 heteroatoms. The van der Waals surface area contributed by atoms with Gasteiger partial charge >= 0.3 is 0 Å². The second-order valence-electron chi connectivity index (χ2n) is 19.7. The molecular formula is C68H48N2. The Morgan fingerprint density at radius 2 is 0.771 bits per heavy atom. The van der Waals surface area contributed by atoms with E-state index in [4.69, 9.17) is 0 Å². The van der Waals surface area contributed by atoms with E-state index >= 15 is 0 Å². The Kier molecular flexibility index (Phi) is 8.88. The first-order valence-electron chi connectivity index (χ1n) is 24.5. The van der Waals surface area contributed by atoms with Crippen molar-refractivity contribution in [2.24, 2.45) is 0 Å². The predicted octanol–water partition coefficient (Wildman–Crippen LogP) is 18.1. The van der Waals surface area contributed by atoms with Gasteiger partial charge in [-0.15, -0.1) is 0 Å². The smallest absolute Gasteiger partial charge is 0.0754 e. The number of fused-ring (bicyclic) bond motifs is 13. The van der Waals surface area contributed by atoms with Gasteiger partial charge in [-0.2, -0.15) is 0 Å². The van der Waals surface area contributed by atoms with E-state index in [1.165, 1.54) is 100 Å². The molecule has 70 heavy (non-hydrogen) atoms. The molecule has 0 saturated carbocycles. The fourth-order valence-electron chi connectivity index (χ4n) is 12.4. The van der Waals surface area contributed by atoms with Gasteiger partial charge in [-0.3, -0.25) is 0 Å². The van der Waals surface area contributed by atoms with Gasteiger partial charge in [0.1, 0.15) is 0 Å². The van der Waals surface area contributed by atoms with Crippen LogP contribution in [-0.4, -0.2) is 0 Å². The maximum atomic E-state index is 2.45. The highest BCUT2D eigenvalue weighted by Gasteiger charge is 2.51. The Bertz CT molecular complexity index is 3820. The van der Waals surface area contributed by atoms with E-state index in [9.17, 15) is 0 Å². The lowest BCUT2D eigenvalue weighted by Crippen LogP contribution is -2.36. The molecule has 2 aliphatic carbocycles. The van der Waals surface area contributed by atoms with Crippen LogP contribution in [0.15, 0.2) is 255 Å². The molecule has 0 atom stereocenters. The number of anilines is 6. The zero-order valence-electron chi connectivity index (χ0n) is 39.1. The average Bonchev–Trinajstić information content (AvgIpc) is 3.84. The molecule has 0 unspecified atom stereocenters. The molecule has 0 fully saturated rings. The monoisotopic (exact) mass is 892 g/mol. The summed E-state index contributed by atoms with van der Waals surface area (Å²) < 4.78 is 0. The lowest BCUT2D eigenvalue weighted by Gasteiger charge is -2.45. The molecule has 0 radical (unpaired) electrons. The van der Waals surface area contributed by atoms with Gasteiger partial charge in [-0.1, -0.05) is 196 Å². The molecule has 1 spiro atoms. The number of nitrogens with zero attached hydrogens (tertiary/aromatic N) is 2. The zero-order valence-corrected chi connectivity index (χ0v) is 39.1. The summed E-state index contributed by atoms with van der Waals surface area (Å²) in [6, 6.07) is 94.7. The van der Waals surface area contributed by atoms with Crippen LogP contribution in [0.2, 0.25) is 0 Å². The summed E-state index contributed by atoms with van der Waals surface area (Å²) in [5.74, 6) is 0. The number of benzene rings is 11. The largest absolute Gasteiger partial charge is 0.310 e. The maximum absolute atomic E-state index is 2.45. The first-order valence-corrected chi connectivity index (χ1v) is 24.5. The van der Waals surface area contributed by atoms with Gasteiger partial charge in [0, 0.05) is 28.2 Å². The lowest BCUT2D eigenvalue weighted by molar-refractivity contribution is 0.660. The number of para-hydroxylation sites is 3. The maximum Gasteiger partial charge on any atom is 0.0754 e. The van der Waals surface area contributed by atoms with Crippen molar-refractivity contribution < 1.29 is 0 Å². The minimum Gasteiger partial charge on any atom is -0.310 e. The van der Waals surface area contributed by atoms with Crippen molar-refractivity contribution in [3.63, 3.8) is 0 Å². The van der Waals surface area contributed by atoms with Gasteiger partial charge in [0.15, 0.2) is 0 Å². The molecule has 1 heterocycles. The Hall–Kier alpha value is -8.72. The number of rotatable bonds is 6. The molecule has 11 aromatic carbocycles. The van der Waals surface area contributed by atoms with E-state index < -0.39 is 5.41 Å². The van der Waals surface area contributed by atoms with Crippen molar-refractivity contribution in [2.75, 3.05) is 9.80 Å². The van der Waals surface area contributed by atoms with Crippen LogP contribution in [0.3, 0.4) is 0 Å². The van der Waals surface area contributed by atoms with E-state index in [1.807, 2.05) is 0 Å². The lowest BCUT2D eigenvalue weighted by atomic mass is 9.64. The van der Waals surface area contributed by atoms with Gasteiger partial charge in [0.25, 0.3) is 0 Å². The van der Waals surface area contributed by atoms with Gasteiger partial charge in [-0.05, 0) is 161 Å². The zero-order chi connectivity index (χ0) is 46.6. The molecule has 0 saturated heterocycles. The van der Waals surface area contributed by atoms with Gasteiger partial charge in [0.05, 0.1) is 16.8 Å². The predicted molar refractivity (Wildman–Crippen MR) is 293 cm³/mol. The topological polar surface area (TPSA) is 6.48 Å². The van der Waals surface area contributed by atoms with E-state index in [0.717, 1.165) is 22.7 Å². The van der Waals surface area contributed by atoms with E-state index in [0.29, 0.717) is 0 Å². The first-order chi connectivity index (χ1) is 34.5. The van der Waals surface area contributed by atoms with Crippen LogP contribution in [0.4, 0.5) is 34.1 Å². The van der Waals surface area contributed by atoms with Crippen molar-refractivity contribution in [3.05, 3.63) is 288 Å². The number of hydrogen-bond donors (Lipinski definition) is 0. The van der Waals surface area contributed by atoms with E-state index in [2.05, 4.69) is 278 Å². The van der Waals surface area contributed by atoms with Crippen LogP contribution in [0.1, 0.15) is 47.2 Å². The third kappa shape index (κ3) is 5.87. The van der Waals surface area contributed by atoms with Crippen LogP contribution in [0.5, 0.6) is 0 Å². The number of hydrogen-bond acceptors (Lipinski definition) is 2. The standard InChI is InChI=1S/C68H48N2/c1-67(2)59-23-11-9-21-55(59)57-39-38-54(44-64(57)67)69(52-35-31-46(32-36-52)45-17-5-3-6-18-45)53-37-33-48-41-47(29-30-49(48)42-53)50-34-40-61-58(43-50)56-22-10-12-24-60(56)68(61)62-25-13-15-27-65(62)70(51-19-7-4-8-20-51)66-28-16-14-26-63(66)68/h3-44H,1-2H3. The van der Waals surface area contributed by atoms with Crippen molar-refractivity contribution >= 4 is 44.9 Å². The fourth-order valence-corrected chi connectivity index (χ4v) is 12.4. The van der Waals surface area contributed by atoms with Crippen LogP contribution < -0.4 is 9.80 Å². The Labute approximate surface area is 410 Å². The third-order valence-corrected chi connectivity index (χ3v) is 15.6. The summed E-state index contributed by atoms with van der Waals surface area (Å²) in [6.45, 7) is 4.72. The van der Waals surface area contributed by atoms with Gasteiger partial charge in [-0.25, -0.2) is 0 Å². The molecule has 0 N–H and O–H groups in total. The second-order valence-corrected chi connectivity index (χ2v) is 19.7.